The van der Waals surface area contributed by atoms with Crippen molar-refractivity contribution in [1.82, 2.24) is 0 Å². The molecule has 17 heavy (non-hydrogen) atoms. The number of nitrogens with two attached hydrogens (primary N) is 1. The summed E-state index contributed by atoms with van der Waals surface area (Å²) in [7, 11) is 0. The third-order valence-corrected chi connectivity index (χ3v) is 2.41. The van der Waals surface area contributed by atoms with Crippen molar-refractivity contribution in [2.24, 2.45) is 0 Å². The molecule has 2 aromatic carbocycles. The number of benzene rings is 2. The number of rotatable bonds is 3. The van der Waals surface area contributed by atoms with Crippen LogP contribution in [0.4, 0.5) is 20.2 Å². The van der Waals surface area contributed by atoms with Crippen molar-refractivity contribution in [3.63, 3.8) is 0 Å². The molecule has 0 radical (unpaired) electrons. The van der Waals surface area contributed by atoms with Crippen LogP contribution >= 0.6 is 0 Å². The average Bonchev–Trinajstić information content (AvgIpc) is 2.31. The maximum Gasteiger partial charge on any atom is 0.149 e. The SMILES string of the molecule is Nc1ccc(CNc2c(F)cccc2F)cc1. The highest BCUT2D eigenvalue weighted by Crippen LogP contribution is 2.19. The van der Waals surface area contributed by atoms with Gasteiger partial charge in [0.25, 0.3) is 0 Å². The number of nitrogen functional groups attached to an aromatic ring is 1. The third-order valence-electron chi connectivity index (χ3n) is 2.41. The number of hydrogen-bond donors (Lipinski definition) is 2. The van der Waals surface area contributed by atoms with Crippen molar-refractivity contribution in [2.45, 2.75) is 6.54 Å². The Morgan fingerprint density at radius 1 is 0.941 bits per heavy atom. The molecule has 0 saturated heterocycles. The van der Waals surface area contributed by atoms with Crippen LogP contribution in [0.3, 0.4) is 0 Å². The summed E-state index contributed by atoms with van der Waals surface area (Å²) in [6, 6.07) is 10.9. The van der Waals surface area contributed by atoms with Crippen LogP contribution in [0.2, 0.25) is 0 Å². The van der Waals surface area contributed by atoms with E-state index >= 15 is 0 Å². The fourth-order valence-corrected chi connectivity index (χ4v) is 1.49. The first-order chi connectivity index (χ1) is 8.16. The fourth-order valence-electron chi connectivity index (χ4n) is 1.49. The smallest absolute Gasteiger partial charge is 0.149 e. The quantitative estimate of drug-likeness (QED) is 0.800. The van der Waals surface area contributed by atoms with Gasteiger partial charge in [-0.15, -0.1) is 0 Å². The van der Waals surface area contributed by atoms with Gasteiger partial charge in [0.05, 0.1) is 0 Å². The minimum Gasteiger partial charge on any atom is -0.399 e. The molecule has 88 valence electrons. The molecule has 2 nitrogen and oxygen atoms in total. The lowest BCUT2D eigenvalue weighted by Crippen LogP contribution is -2.03. The molecule has 2 aromatic rings. The van der Waals surface area contributed by atoms with E-state index in [1.807, 2.05) is 0 Å². The predicted molar refractivity (Wildman–Crippen MR) is 64.5 cm³/mol. The van der Waals surface area contributed by atoms with Crippen molar-refractivity contribution in [3.05, 3.63) is 59.7 Å². The lowest BCUT2D eigenvalue weighted by molar-refractivity contribution is 0.588. The molecule has 3 N–H and O–H groups in total. The van der Waals surface area contributed by atoms with E-state index in [9.17, 15) is 8.78 Å². The second kappa shape index (κ2) is 4.82. The summed E-state index contributed by atoms with van der Waals surface area (Å²) in [5.41, 5.74) is 7.00. The molecule has 0 aromatic heterocycles. The highest BCUT2D eigenvalue weighted by molar-refractivity contribution is 5.47. The lowest BCUT2D eigenvalue weighted by Gasteiger charge is -2.08. The molecule has 4 heteroatoms. The first-order valence-electron chi connectivity index (χ1n) is 5.19. The van der Waals surface area contributed by atoms with Gasteiger partial charge in [0.2, 0.25) is 0 Å². The maximum absolute atomic E-state index is 13.3. The summed E-state index contributed by atoms with van der Waals surface area (Å²) in [5.74, 6) is -1.19. The largest absolute Gasteiger partial charge is 0.399 e. The topological polar surface area (TPSA) is 38.0 Å². The molecular weight excluding hydrogens is 222 g/mol. The van der Waals surface area contributed by atoms with Gasteiger partial charge < -0.3 is 11.1 Å². The highest BCUT2D eigenvalue weighted by atomic mass is 19.1. The van der Waals surface area contributed by atoms with Gasteiger partial charge in [-0.25, -0.2) is 8.78 Å². The van der Waals surface area contributed by atoms with Crippen molar-refractivity contribution < 1.29 is 8.78 Å². The van der Waals surface area contributed by atoms with Crippen LogP contribution in [0.15, 0.2) is 42.5 Å². The zero-order valence-electron chi connectivity index (χ0n) is 9.08. The van der Waals surface area contributed by atoms with Crippen molar-refractivity contribution in [3.8, 4) is 0 Å². The average molecular weight is 234 g/mol. The van der Waals surface area contributed by atoms with Crippen LogP contribution in [0.1, 0.15) is 5.56 Å². The van der Waals surface area contributed by atoms with Crippen LogP contribution in [0, 0.1) is 11.6 Å². The normalized spacial score (nSPS) is 10.2. The van der Waals surface area contributed by atoms with Crippen molar-refractivity contribution in [1.29, 1.82) is 0 Å². The molecule has 0 saturated carbocycles. The minimum atomic E-state index is -0.597. The number of anilines is 2. The van der Waals surface area contributed by atoms with Crippen molar-refractivity contribution in [2.75, 3.05) is 11.1 Å². The lowest BCUT2D eigenvalue weighted by atomic mass is 10.2. The van der Waals surface area contributed by atoms with Crippen molar-refractivity contribution >= 4 is 11.4 Å². The molecule has 0 unspecified atom stereocenters. The van der Waals surface area contributed by atoms with Crippen LogP contribution in [-0.4, -0.2) is 0 Å². The summed E-state index contributed by atoms with van der Waals surface area (Å²) >= 11 is 0. The number of nitrogens with one attached hydrogen (secondary N) is 1. The van der Waals surface area contributed by atoms with E-state index in [4.69, 9.17) is 5.73 Å². The van der Waals surface area contributed by atoms with E-state index < -0.39 is 11.6 Å². The standard InChI is InChI=1S/C13H12F2N2/c14-11-2-1-3-12(15)13(11)17-8-9-4-6-10(16)7-5-9/h1-7,17H,8,16H2. The third kappa shape index (κ3) is 2.72. The van der Waals surface area contributed by atoms with Gasteiger partial charge in [-0.2, -0.15) is 0 Å². The van der Waals surface area contributed by atoms with E-state index in [2.05, 4.69) is 5.32 Å². The molecule has 0 spiro atoms. The Morgan fingerprint density at radius 2 is 1.53 bits per heavy atom. The Kier molecular flexibility index (Phi) is 3.23. The Labute approximate surface area is 98.1 Å². The van der Waals surface area contributed by atoms with E-state index in [0.29, 0.717) is 12.2 Å². The van der Waals surface area contributed by atoms with Gasteiger partial charge in [-0.3, -0.25) is 0 Å². The Hall–Kier alpha value is -2.10. The molecule has 0 aliphatic rings. The van der Waals surface area contributed by atoms with Crippen LogP contribution in [-0.2, 0) is 6.54 Å². The Morgan fingerprint density at radius 3 is 2.12 bits per heavy atom. The first kappa shape index (κ1) is 11.4. The molecule has 2 rings (SSSR count). The number of para-hydroxylation sites is 1. The van der Waals surface area contributed by atoms with Crippen LogP contribution in [0.5, 0.6) is 0 Å². The van der Waals surface area contributed by atoms with Crippen LogP contribution < -0.4 is 11.1 Å². The monoisotopic (exact) mass is 234 g/mol. The summed E-state index contributed by atoms with van der Waals surface area (Å²) < 4.78 is 26.6. The molecule has 0 atom stereocenters. The summed E-state index contributed by atoms with van der Waals surface area (Å²) in [6.45, 7) is 0.345. The fraction of sp³-hybridized carbons (Fsp3) is 0.0769. The van der Waals surface area contributed by atoms with E-state index in [1.54, 1.807) is 24.3 Å². The molecular formula is C13H12F2N2. The minimum absolute atomic E-state index is 0.107. The predicted octanol–water partition coefficient (Wildman–Crippen LogP) is 3.16. The van der Waals surface area contributed by atoms with Gasteiger partial charge in [0.15, 0.2) is 0 Å². The molecule has 0 bridgehead atoms. The van der Waals surface area contributed by atoms with E-state index in [0.717, 1.165) is 5.56 Å². The zero-order chi connectivity index (χ0) is 12.3. The second-order valence-corrected chi connectivity index (χ2v) is 3.69. The van der Waals surface area contributed by atoms with E-state index in [-0.39, 0.29) is 5.69 Å². The van der Waals surface area contributed by atoms with Gasteiger partial charge in [-0.05, 0) is 29.8 Å². The number of hydrogen-bond acceptors (Lipinski definition) is 2. The molecule has 0 amide bonds. The highest BCUT2D eigenvalue weighted by Gasteiger charge is 2.07. The summed E-state index contributed by atoms with van der Waals surface area (Å²) in [6.07, 6.45) is 0. The van der Waals surface area contributed by atoms with Gasteiger partial charge >= 0.3 is 0 Å². The molecule has 0 heterocycles. The van der Waals surface area contributed by atoms with Gasteiger partial charge in [-0.1, -0.05) is 18.2 Å². The number of halogens is 2. The Bertz CT molecular complexity index is 489. The maximum atomic E-state index is 13.3. The summed E-state index contributed by atoms with van der Waals surface area (Å²) in [5, 5.41) is 2.73. The Balaban J connectivity index is 2.10. The van der Waals surface area contributed by atoms with Gasteiger partial charge in [0.1, 0.15) is 17.3 Å². The molecule has 0 aliphatic heterocycles. The van der Waals surface area contributed by atoms with Crippen LogP contribution in [0.25, 0.3) is 0 Å². The first-order valence-corrected chi connectivity index (χ1v) is 5.19. The second-order valence-electron chi connectivity index (χ2n) is 3.69. The molecule has 0 aliphatic carbocycles. The zero-order valence-corrected chi connectivity index (χ0v) is 9.08. The van der Waals surface area contributed by atoms with Gasteiger partial charge in [0, 0.05) is 12.2 Å². The van der Waals surface area contributed by atoms with E-state index in [1.165, 1.54) is 18.2 Å². The summed E-state index contributed by atoms with van der Waals surface area (Å²) in [4.78, 5) is 0. The molecule has 0 fully saturated rings.